The Morgan fingerprint density at radius 1 is 1.35 bits per heavy atom. The molecule has 0 saturated carbocycles. The van der Waals surface area contributed by atoms with E-state index < -0.39 is 0 Å². The second-order valence-corrected chi connectivity index (χ2v) is 5.05. The summed E-state index contributed by atoms with van der Waals surface area (Å²) >= 11 is 3.45. The first-order valence-electron chi connectivity index (χ1n) is 6.07. The molecule has 0 heterocycles. The van der Waals surface area contributed by atoms with Crippen molar-refractivity contribution in [2.24, 2.45) is 5.92 Å². The third kappa shape index (κ3) is 4.90. The number of hydrogen-bond donors (Lipinski definition) is 1. The number of alkyl halides is 1. The van der Waals surface area contributed by atoms with Gasteiger partial charge in [-0.05, 0) is 11.5 Å². The standard InChI is InChI=1S/C14H20BrNO/c1-3-11(2)9-14(17)16-13(10-15)12-7-5-4-6-8-12/h4-8,11,13H,3,9-10H2,1-2H3,(H,16,17). The number of nitrogens with one attached hydrogen (secondary N) is 1. The summed E-state index contributed by atoms with van der Waals surface area (Å²) in [5, 5.41) is 3.80. The highest BCUT2D eigenvalue weighted by Gasteiger charge is 2.14. The number of amides is 1. The highest BCUT2D eigenvalue weighted by Crippen LogP contribution is 2.16. The van der Waals surface area contributed by atoms with Crippen molar-refractivity contribution in [1.82, 2.24) is 5.32 Å². The van der Waals surface area contributed by atoms with Crippen molar-refractivity contribution in [3.63, 3.8) is 0 Å². The van der Waals surface area contributed by atoms with Gasteiger partial charge in [0.25, 0.3) is 0 Å². The predicted molar refractivity (Wildman–Crippen MR) is 75.2 cm³/mol. The lowest BCUT2D eigenvalue weighted by Crippen LogP contribution is -2.30. The molecule has 0 aliphatic carbocycles. The Morgan fingerprint density at radius 3 is 2.53 bits per heavy atom. The van der Waals surface area contributed by atoms with Crippen molar-refractivity contribution in [1.29, 1.82) is 0 Å². The fourth-order valence-corrected chi connectivity index (χ4v) is 2.15. The van der Waals surface area contributed by atoms with E-state index in [1.165, 1.54) is 0 Å². The molecule has 1 aromatic carbocycles. The first-order valence-corrected chi connectivity index (χ1v) is 7.19. The molecule has 1 amide bonds. The van der Waals surface area contributed by atoms with E-state index in [1.807, 2.05) is 30.3 Å². The van der Waals surface area contributed by atoms with Crippen LogP contribution in [0.3, 0.4) is 0 Å². The van der Waals surface area contributed by atoms with E-state index >= 15 is 0 Å². The van der Waals surface area contributed by atoms with Crippen LogP contribution in [0.5, 0.6) is 0 Å². The van der Waals surface area contributed by atoms with Gasteiger partial charge in [-0.25, -0.2) is 0 Å². The third-order valence-corrected chi connectivity index (χ3v) is 3.57. The smallest absolute Gasteiger partial charge is 0.220 e. The van der Waals surface area contributed by atoms with Gasteiger partial charge in [-0.1, -0.05) is 66.5 Å². The Bertz CT molecular complexity index is 339. The molecule has 0 aromatic heterocycles. The van der Waals surface area contributed by atoms with Gasteiger partial charge in [0.15, 0.2) is 0 Å². The van der Waals surface area contributed by atoms with E-state index in [-0.39, 0.29) is 11.9 Å². The van der Waals surface area contributed by atoms with Crippen LogP contribution in [0.15, 0.2) is 30.3 Å². The monoisotopic (exact) mass is 297 g/mol. The average molecular weight is 298 g/mol. The maximum Gasteiger partial charge on any atom is 0.220 e. The van der Waals surface area contributed by atoms with Gasteiger partial charge in [-0.15, -0.1) is 0 Å². The van der Waals surface area contributed by atoms with E-state index in [2.05, 4.69) is 35.1 Å². The summed E-state index contributed by atoms with van der Waals surface area (Å²) in [6, 6.07) is 10.1. The molecule has 0 bridgehead atoms. The fraction of sp³-hybridized carbons (Fsp3) is 0.500. The largest absolute Gasteiger partial charge is 0.348 e. The third-order valence-electron chi connectivity index (χ3n) is 2.92. The lowest BCUT2D eigenvalue weighted by molar-refractivity contribution is -0.122. The van der Waals surface area contributed by atoms with Crippen LogP contribution < -0.4 is 5.32 Å². The molecule has 0 radical (unpaired) electrons. The highest BCUT2D eigenvalue weighted by atomic mass is 79.9. The molecule has 2 unspecified atom stereocenters. The molecule has 1 N–H and O–H groups in total. The lowest BCUT2D eigenvalue weighted by atomic mass is 10.0. The second-order valence-electron chi connectivity index (χ2n) is 4.40. The lowest BCUT2D eigenvalue weighted by Gasteiger charge is -2.18. The van der Waals surface area contributed by atoms with Crippen LogP contribution >= 0.6 is 15.9 Å². The van der Waals surface area contributed by atoms with E-state index in [4.69, 9.17) is 0 Å². The molecule has 0 saturated heterocycles. The van der Waals surface area contributed by atoms with E-state index in [9.17, 15) is 4.79 Å². The van der Waals surface area contributed by atoms with Crippen molar-refractivity contribution in [3.05, 3.63) is 35.9 Å². The van der Waals surface area contributed by atoms with Crippen molar-refractivity contribution in [2.75, 3.05) is 5.33 Å². The Hall–Kier alpha value is -0.830. The molecule has 0 aliphatic rings. The normalized spacial score (nSPS) is 14.1. The van der Waals surface area contributed by atoms with Gasteiger partial charge >= 0.3 is 0 Å². The SMILES string of the molecule is CCC(C)CC(=O)NC(CBr)c1ccccc1. The molecule has 94 valence electrons. The topological polar surface area (TPSA) is 29.1 Å². The quantitative estimate of drug-likeness (QED) is 0.798. The minimum absolute atomic E-state index is 0.0627. The van der Waals surface area contributed by atoms with Gasteiger partial charge in [0.05, 0.1) is 6.04 Å². The van der Waals surface area contributed by atoms with Crippen molar-refractivity contribution < 1.29 is 4.79 Å². The van der Waals surface area contributed by atoms with Crippen LogP contribution in [0, 0.1) is 5.92 Å². The molecular formula is C14H20BrNO. The van der Waals surface area contributed by atoms with E-state index in [0.717, 1.165) is 17.3 Å². The summed E-state index contributed by atoms with van der Waals surface area (Å²) in [6.45, 7) is 4.21. The Kier molecular flexibility index (Phi) is 6.27. The zero-order valence-corrected chi connectivity index (χ0v) is 12.0. The summed E-state index contributed by atoms with van der Waals surface area (Å²) in [4.78, 5) is 11.8. The van der Waals surface area contributed by atoms with Gasteiger partial charge in [0, 0.05) is 11.8 Å². The number of halogens is 1. The maximum absolute atomic E-state index is 11.8. The molecule has 3 heteroatoms. The van der Waals surface area contributed by atoms with Gasteiger partial charge in [0.1, 0.15) is 0 Å². The van der Waals surface area contributed by atoms with Crippen LogP contribution in [0.4, 0.5) is 0 Å². The fourth-order valence-electron chi connectivity index (χ4n) is 1.61. The molecule has 1 aromatic rings. The van der Waals surface area contributed by atoms with E-state index in [0.29, 0.717) is 12.3 Å². The summed E-state index contributed by atoms with van der Waals surface area (Å²) in [6.07, 6.45) is 1.64. The van der Waals surface area contributed by atoms with Gasteiger partial charge < -0.3 is 5.32 Å². The van der Waals surface area contributed by atoms with Crippen LogP contribution in [0.25, 0.3) is 0 Å². The maximum atomic E-state index is 11.8. The average Bonchev–Trinajstić information content (AvgIpc) is 2.36. The first kappa shape index (κ1) is 14.2. The predicted octanol–water partition coefficient (Wildman–Crippen LogP) is 3.68. The summed E-state index contributed by atoms with van der Waals surface area (Å²) < 4.78 is 0. The van der Waals surface area contributed by atoms with Crippen LogP contribution in [0.1, 0.15) is 38.3 Å². The first-order chi connectivity index (χ1) is 8.17. The van der Waals surface area contributed by atoms with Crippen LogP contribution in [-0.2, 0) is 4.79 Å². The zero-order valence-electron chi connectivity index (χ0n) is 10.4. The van der Waals surface area contributed by atoms with Gasteiger partial charge in [-0.2, -0.15) is 0 Å². The summed E-state index contributed by atoms with van der Waals surface area (Å²) in [5.74, 6) is 0.578. The molecule has 2 nitrogen and oxygen atoms in total. The number of hydrogen-bond acceptors (Lipinski definition) is 1. The molecule has 0 fully saturated rings. The van der Waals surface area contributed by atoms with Crippen molar-refractivity contribution in [3.8, 4) is 0 Å². The molecule has 2 atom stereocenters. The van der Waals surface area contributed by atoms with Crippen molar-refractivity contribution >= 4 is 21.8 Å². The van der Waals surface area contributed by atoms with Crippen LogP contribution in [0.2, 0.25) is 0 Å². The second kappa shape index (κ2) is 7.49. The molecular weight excluding hydrogens is 278 g/mol. The van der Waals surface area contributed by atoms with Crippen molar-refractivity contribution in [2.45, 2.75) is 32.7 Å². The molecule has 17 heavy (non-hydrogen) atoms. The number of carbonyl (C=O) groups excluding carboxylic acids is 1. The number of benzene rings is 1. The molecule has 1 rings (SSSR count). The minimum atomic E-state index is 0.0627. The van der Waals surface area contributed by atoms with Gasteiger partial charge in [-0.3, -0.25) is 4.79 Å². The Balaban J connectivity index is 2.56. The van der Waals surface area contributed by atoms with Gasteiger partial charge in [0.2, 0.25) is 5.91 Å². The zero-order chi connectivity index (χ0) is 12.7. The molecule has 0 aliphatic heterocycles. The summed E-state index contributed by atoms with van der Waals surface area (Å²) in [5.41, 5.74) is 1.14. The Labute approximate surface area is 112 Å². The number of rotatable bonds is 6. The van der Waals surface area contributed by atoms with Crippen LogP contribution in [-0.4, -0.2) is 11.2 Å². The number of carbonyl (C=O) groups is 1. The Morgan fingerprint density at radius 2 is 2.00 bits per heavy atom. The minimum Gasteiger partial charge on any atom is -0.348 e. The van der Waals surface area contributed by atoms with E-state index in [1.54, 1.807) is 0 Å². The highest BCUT2D eigenvalue weighted by molar-refractivity contribution is 9.09. The molecule has 0 spiro atoms. The summed E-state index contributed by atoms with van der Waals surface area (Å²) in [7, 11) is 0.